The van der Waals surface area contributed by atoms with Crippen molar-refractivity contribution in [1.82, 2.24) is 5.32 Å². The molecule has 258 valence electrons. The van der Waals surface area contributed by atoms with Crippen molar-refractivity contribution in [2.75, 3.05) is 6.61 Å². The van der Waals surface area contributed by atoms with E-state index in [4.69, 9.17) is 0 Å². The molecule has 0 aromatic rings. The highest BCUT2D eigenvalue weighted by Crippen LogP contribution is 2.14. The zero-order valence-electron chi connectivity index (χ0n) is 29.4. The number of unbranched alkanes of at least 4 members (excludes halogenated alkanes) is 15. The van der Waals surface area contributed by atoms with Crippen LogP contribution in [0.2, 0.25) is 0 Å². The minimum Gasteiger partial charge on any atom is -0.394 e. The summed E-state index contributed by atoms with van der Waals surface area (Å²) in [6, 6.07) is -0.620. The molecular formula is C41H71NO3. The lowest BCUT2D eigenvalue weighted by Gasteiger charge is -2.19. The first kappa shape index (κ1) is 42.8. The van der Waals surface area contributed by atoms with Crippen LogP contribution in [0.3, 0.4) is 0 Å². The van der Waals surface area contributed by atoms with Crippen molar-refractivity contribution in [2.45, 2.75) is 174 Å². The molecule has 0 bridgehead atoms. The Kier molecular flexibility index (Phi) is 34.5. The lowest BCUT2D eigenvalue weighted by molar-refractivity contribution is -0.123. The number of allylic oxidation sites excluding steroid dienone is 11. The molecule has 0 saturated heterocycles. The molecule has 0 rings (SSSR count). The van der Waals surface area contributed by atoms with Gasteiger partial charge in [-0.15, -0.1) is 0 Å². The van der Waals surface area contributed by atoms with Crippen LogP contribution >= 0.6 is 0 Å². The highest BCUT2D eigenvalue weighted by Gasteiger charge is 2.17. The van der Waals surface area contributed by atoms with Gasteiger partial charge in [-0.25, -0.2) is 0 Å². The van der Waals surface area contributed by atoms with Crippen LogP contribution in [-0.2, 0) is 4.79 Å². The van der Waals surface area contributed by atoms with Gasteiger partial charge in [0.15, 0.2) is 0 Å². The minimum atomic E-state index is -0.837. The summed E-state index contributed by atoms with van der Waals surface area (Å²) in [5.74, 6) is -0.0794. The van der Waals surface area contributed by atoms with Crippen molar-refractivity contribution in [3.63, 3.8) is 0 Å². The average Bonchev–Trinajstić information content (AvgIpc) is 3.04. The van der Waals surface area contributed by atoms with Gasteiger partial charge in [0.05, 0.1) is 18.8 Å². The van der Waals surface area contributed by atoms with Crippen molar-refractivity contribution in [1.29, 1.82) is 0 Å². The molecule has 0 saturated carbocycles. The number of aliphatic hydroxyl groups excluding tert-OH is 2. The zero-order chi connectivity index (χ0) is 32.9. The number of carbonyl (C=O) groups is 1. The summed E-state index contributed by atoms with van der Waals surface area (Å²) in [6.07, 6.45) is 51.9. The summed E-state index contributed by atoms with van der Waals surface area (Å²) >= 11 is 0. The van der Waals surface area contributed by atoms with E-state index in [1.165, 1.54) is 77.0 Å². The van der Waals surface area contributed by atoms with E-state index < -0.39 is 12.1 Å². The monoisotopic (exact) mass is 626 g/mol. The van der Waals surface area contributed by atoms with Gasteiger partial charge in [-0.05, 0) is 57.8 Å². The maximum absolute atomic E-state index is 12.2. The molecule has 2 unspecified atom stereocenters. The Labute approximate surface area is 278 Å². The first-order valence-corrected chi connectivity index (χ1v) is 18.7. The Morgan fingerprint density at radius 3 is 1.44 bits per heavy atom. The fraction of sp³-hybridized carbons (Fsp3) is 0.683. The number of amides is 1. The highest BCUT2D eigenvalue weighted by atomic mass is 16.3. The third-order valence-electron chi connectivity index (χ3n) is 7.95. The molecule has 1 amide bonds. The molecule has 0 heterocycles. The minimum absolute atomic E-state index is 0.0794. The number of rotatable bonds is 32. The number of carbonyl (C=O) groups excluding carboxylic acids is 1. The number of nitrogens with one attached hydrogen (secondary N) is 1. The Bertz CT molecular complexity index is 808. The van der Waals surface area contributed by atoms with E-state index in [2.05, 4.69) is 79.9 Å². The van der Waals surface area contributed by atoms with Gasteiger partial charge in [0.1, 0.15) is 0 Å². The van der Waals surface area contributed by atoms with Gasteiger partial charge < -0.3 is 15.5 Å². The lowest BCUT2D eigenvalue weighted by Crippen LogP contribution is -2.45. The molecule has 2 atom stereocenters. The molecule has 45 heavy (non-hydrogen) atoms. The van der Waals surface area contributed by atoms with E-state index >= 15 is 0 Å². The quantitative estimate of drug-likeness (QED) is 0.0514. The van der Waals surface area contributed by atoms with Gasteiger partial charge in [-0.1, -0.05) is 170 Å². The van der Waals surface area contributed by atoms with Crippen molar-refractivity contribution in [3.8, 4) is 0 Å². The first-order valence-electron chi connectivity index (χ1n) is 18.7. The molecule has 0 spiro atoms. The smallest absolute Gasteiger partial charge is 0.220 e. The van der Waals surface area contributed by atoms with E-state index in [1.807, 2.05) is 6.08 Å². The summed E-state index contributed by atoms with van der Waals surface area (Å²) in [7, 11) is 0. The van der Waals surface area contributed by atoms with Crippen molar-refractivity contribution >= 4 is 5.91 Å². The van der Waals surface area contributed by atoms with Gasteiger partial charge in [0, 0.05) is 6.42 Å². The predicted octanol–water partition coefficient (Wildman–Crippen LogP) is 11.2. The van der Waals surface area contributed by atoms with Crippen LogP contribution < -0.4 is 5.32 Å². The van der Waals surface area contributed by atoms with Gasteiger partial charge in [0.25, 0.3) is 0 Å². The maximum Gasteiger partial charge on any atom is 0.220 e. The Hall–Kier alpha value is -2.17. The first-order chi connectivity index (χ1) is 22.2. The van der Waals surface area contributed by atoms with E-state index in [1.54, 1.807) is 6.08 Å². The fourth-order valence-corrected chi connectivity index (χ4v) is 5.07. The molecule has 0 fully saturated rings. The molecule has 0 aliphatic carbocycles. The molecule has 3 N–H and O–H groups in total. The summed E-state index contributed by atoms with van der Waals surface area (Å²) in [5.41, 5.74) is 0. The van der Waals surface area contributed by atoms with E-state index in [0.717, 1.165) is 64.2 Å². The van der Waals surface area contributed by atoms with Crippen LogP contribution in [0.1, 0.15) is 162 Å². The van der Waals surface area contributed by atoms with Gasteiger partial charge in [-0.2, -0.15) is 0 Å². The largest absolute Gasteiger partial charge is 0.394 e. The summed E-state index contributed by atoms with van der Waals surface area (Å²) in [6.45, 7) is 4.04. The molecular weight excluding hydrogens is 554 g/mol. The molecule has 0 aliphatic rings. The Morgan fingerprint density at radius 2 is 0.978 bits per heavy atom. The maximum atomic E-state index is 12.2. The SMILES string of the molecule is CC/C=C\C/C=C\C/C=C\C/C=C\C/C=C\CCCCCCCCCCCCCCCC(=O)NC(CO)C(O)/C=C/CCCC. The van der Waals surface area contributed by atoms with E-state index in [-0.39, 0.29) is 12.5 Å². The summed E-state index contributed by atoms with van der Waals surface area (Å²) < 4.78 is 0. The van der Waals surface area contributed by atoms with Crippen LogP contribution in [0.5, 0.6) is 0 Å². The second-order valence-electron chi connectivity index (χ2n) is 12.3. The van der Waals surface area contributed by atoms with Gasteiger partial charge in [-0.3, -0.25) is 4.79 Å². The van der Waals surface area contributed by atoms with Crippen LogP contribution in [-0.4, -0.2) is 34.9 Å². The van der Waals surface area contributed by atoms with Gasteiger partial charge >= 0.3 is 0 Å². The van der Waals surface area contributed by atoms with Crippen molar-refractivity contribution in [3.05, 3.63) is 72.9 Å². The van der Waals surface area contributed by atoms with Crippen LogP contribution in [0.15, 0.2) is 72.9 Å². The predicted molar refractivity (Wildman–Crippen MR) is 197 cm³/mol. The third kappa shape index (κ3) is 33.0. The normalized spacial score (nSPS) is 14.0. The third-order valence-corrected chi connectivity index (χ3v) is 7.95. The van der Waals surface area contributed by atoms with E-state index in [9.17, 15) is 15.0 Å². The lowest BCUT2D eigenvalue weighted by atomic mass is 10.0. The fourth-order valence-electron chi connectivity index (χ4n) is 5.07. The van der Waals surface area contributed by atoms with Crippen LogP contribution in [0.25, 0.3) is 0 Å². The summed E-state index contributed by atoms with van der Waals surface area (Å²) in [5, 5.41) is 22.5. The Balaban J connectivity index is 3.47. The molecule has 4 nitrogen and oxygen atoms in total. The second kappa shape index (κ2) is 36.3. The highest BCUT2D eigenvalue weighted by molar-refractivity contribution is 5.76. The van der Waals surface area contributed by atoms with E-state index in [0.29, 0.717) is 6.42 Å². The number of hydrogen-bond acceptors (Lipinski definition) is 3. The molecule has 4 heteroatoms. The van der Waals surface area contributed by atoms with Crippen molar-refractivity contribution < 1.29 is 15.0 Å². The van der Waals surface area contributed by atoms with Gasteiger partial charge in [0.2, 0.25) is 5.91 Å². The zero-order valence-corrected chi connectivity index (χ0v) is 29.4. The average molecular weight is 626 g/mol. The molecule has 0 radical (unpaired) electrons. The summed E-state index contributed by atoms with van der Waals surface area (Å²) in [4.78, 5) is 12.2. The number of hydrogen-bond donors (Lipinski definition) is 3. The standard InChI is InChI=1S/C41H71NO3/c1-3-5-7-9-10-11-12-13-14-15-16-17-18-19-20-21-22-23-24-25-26-27-28-29-30-31-32-33-35-37-41(45)42-39(38-43)40(44)36-34-8-6-4-2/h5,7,10-11,13-14,16-17,19-20,34,36,39-40,43-44H,3-4,6,8-9,12,15,18,21-33,35,37-38H2,1-2H3,(H,42,45)/b7-5-,11-10-,14-13-,17-16-,20-19-,36-34+. The van der Waals surface area contributed by atoms with Crippen LogP contribution in [0, 0.1) is 0 Å². The topological polar surface area (TPSA) is 69.6 Å². The molecule has 0 aromatic heterocycles. The molecule has 0 aromatic carbocycles. The molecule has 0 aliphatic heterocycles. The van der Waals surface area contributed by atoms with Crippen molar-refractivity contribution in [2.24, 2.45) is 0 Å². The van der Waals surface area contributed by atoms with Crippen LogP contribution in [0.4, 0.5) is 0 Å². The number of aliphatic hydroxyl groups is 2. The second-order valence-corrected chi connectivity index (χ2v) is 12.3. The Morgan fingerprint density at radius 1 is 0.556 bits per heavy atom.